The summed E-state index contributed by atoms with van der Waals surface area (Å²) in [5.74, 6) is 0.749. The predicted molar refractivity (Wildman–Crippen MR) is 125 cm³/mol. The van der Waals surface area contributed by atoms with Crippen molar-refractivity contribution in [2.75, 3.05) is 33.9 Å². The van der Waals surface area contributed by atoms with Crippen molar-refractivity contribution in [3.63, 3.8) is 0 Å². The molecular weight excluding hydrogens is 468 g/mol. The lowest BCUT2D eigenvalue weighted by Gasteiger charge is -2.31. The number of ether oxygens (including phenoxy) is 3. The second-order valence-electron chi connectivity index (χ2n) is 7.59. The van der Waals surface area contributed by atoms with E-state index in [0.29, 0.717) is 42.5 Å². The van der Waals surface area contributed by atoms with E-state index in [0.717, 1.165) is 5.56 Å². The van der Waals surface area contributed by atoms with E-state index in [9.17, 15) is 13.2 Å². The van der Waals surface area contributed by atoms with Crippen LogP contribution in [0.1, 0.15) is 25.3 Å². The van der Waals surface area contributed by atoms with Crippen LogP contribution >= 0.6 is 11.6 Å². The van der Waals surface area contributed by atoms with E-state index < -0.39 is 15.9 Å². The van der Waals surface area contributed by atoms with Gasteiger partial charge in [0.1, 0.15) is 22.1 Å². The lowest BCUT2D eigenvalue weighted by atomic mass is 9.98. The molecule has 0 saturated carbocycles. The van der Waals surface area contributed by atoms with Gasteiger partial charge in [-0.15, -0.1) is 0 Å². The highest BCUT2D eigenvalue weighted by molar-refractivity contribution is 7.89. The van der Waals surface area contributed by atoms with Crippen LogP contribution in [0.25, 0.3) is 0 Å². The minimum Gasteiger partial charge on any atom is -0.496 e. The van der Waals surface area contributed by atoms with E-state index in [2.05, 4.69) is 5.32 Å². The van der Waals surface area contributed by atoms with Gasteiger partial charge >= 0.3 is 0 Å². The van der Waals surface area contributed by atoms with Crippen LogP contribution in [0.4, 0.5) is 0 Å². The molecule has 3 rings (SSSR count). The van der Waals surface area contributed by atoms with Crippen molar-refractivity contribution in [3.8, 4) is 17.2 Å². The third-order valence-electron chi connectivity index (χ3n) is 5.55. The maximum Gasteiger partial charge on any atom is 0.246 e. The minimum atomic E-state index is -3.89. The van der Waals surface area contributed by atoms with E-state index in [-0.39, 0.29) is 29.6 Å². The van der Waals surface area contributed by atoms with Crippen molar-refractivity contribution in [3.05, 3.63) is 47.0 Å². The van der Waals surface area contributed by atoms with Gasteiger partial charge in [-0.05, 0) is 50.1 Å². The summed E-state index contributed by atoms with van der Waals surface area (Å²) in [4.78, 5) is 13.0. The summed E-state index contributed by atoms with van der Waals surface area (Å²) in [5, 5.41) is 3.20. The molecular formula is C23H29ClN2O6S. The van der Waals surface area contributed by atoms with Crippen LogP contribution in [0, 0.1) is 5.92 Å². The van der Waals surface area contributed by atoms with Gasteiger partial charge in [0, 0.05) is 18.1 Å². The van der Waals surface area contributed by atoms with Gasteiger partial charge < -0.3 is 19.5 Å². The second kappa shape index (κ2) is 11.1. The third-order valence-corrected chi connectivity index (χ3v) is 7.67. The van der Waals surface area contributed by atoms with Crippen molar-refractivity contribution >= 4 is 27.5 Å². The third kappa shape index (κ3) is 5.72. The molecule has 0 spiro atoms. The molecule has 10 heteroatoms. The number of carbonyl (C=O) groups is 1. The van der Waals surface area contributed by atoms with Crippen LogP contribution in [-0.4, -0.2) is 52.5 Å². The molecule has 0 aromatic heterocycles. The molecule has 1 N–H and O–H groups in total. The average molecular weight is 497 g/mol. The quantitative estimate of drug-likeness (QED) is 0.571. The molecule has 33 heavy (non-hydrogen) atoms. The van der Waals surface area contributed by atoms with Crippen molar-refractivity contribution in [1.29, 1.82) is 0 Å². The Balaban J connectivity index is 1.75. The fourth-order valence-corrected chi connectivity index (χ4v) is 5.81. The molecule has 0 radical (unpaired) electrons. The first-order chi connectivity index (χ1) is 15.8. The average Bonchev–Trinajstić information content (AvgIpc) is 2.83. The van der Waals surface area contributed by atoms with E-state index in [4.69, 9.17) is 25.8 Å². The summed E-state index contributed by atoms with van der Waals surface area (Å²) in [6.45, 7) is 2.71. The Morgan fingerprint density at radius 2 is 1.85 bits per heavy atom. The summed E-state index contributed by atoms with van der Waals surface area (Å²) in [6, 6.07) is 9.91. The number of sulfonamides is 1. The fraction of sp³-hybridized carbons (Fsp3) is 0.435. The largest absolute Gasteiger partial charge is 0.496 e. The Morgan fingerprint density at radius 3 is 2.48 bits per heavy atom. The van der Waals surface area contributed by atoms with Crippen molar-refractivity contribution in [2.24, 2.45) is 5.92 Å². The smallest absolute Gasteiger partial charge is 0.246 e. The summed E-state index contributed by atoms with van der Waals surface area (Å²) in [7, 11) is -0.785. The normalized spacial score (nSPS) is 16.8. The van der Waals surface area contributed by atoms with Crippen LogP contribution in [0.5, 0.6) is 17.2 Å². The highest BCUT2D eigenvalue weighted by atomic mass is 35.5. The van der Waals surface area contributed by atoms with Crippen molar-refractivity contribution < 1.29 is 27.4 Å². The maximum atomic E-state index is 13.4. The molecule has 0 aliphatic carbocycles. The molecule has 1 fully saturated rings. The molecule has 1 aliphatic rings. The molecule has 1 saturated heterocycles. The molecule has 2 aromatic rings. The van der Waals surface area contributed by atoms with Gasteiger partial charge in [0.15, 0.2) is 0 Å². The summed E-state index contributed by atoms with van der Waals surface area (Å²) >= 11 is 6.07. The number of benzene rings is 2. The Bertz CT molecular complexity index is 1070. The molecule has 1 unspecified atom stereocenters. The van der Waals surface area contributed by atoms with Crippen molar-refractivity contribution in [2.45, 2.75) is 31.2 Å². The number of hydrogen-bond acceptors (Lipinski definition) is 6. The SMILES string of the molecule is CCOc1ccc(Cl)cc1S(=O)(=O)N1CCCC(C(=O)NCc2c(OC)cccc2OC)C1. The standard InChI is InChI=1S/C23H29ClN2O6S/c1-4-32-21-11-10-17(24)13-22(21)33(28,29)26-12-6-7-16(15-26)23(27)25-14-18-19(30-2)8-5-9-20(18)31-3/h5,8-11,13,16H,4,6-7,12,14-15H2,1-3H3,(H,25,27). The maximum absolute atomic E-state index is 13.4. The molecule has 0 bridgehead atoms. The molecule has 180 valence electrons. The molecule has 1 amide bonds. The summed E-state index contributed by atoms with van der Waals surface area (Å²) < 4.78 is 44.3. The second-order valence-corrected chi connectivity index (χ2v) is 9.93. The zero-order valence-electron chi connectivity index (χ0n) is 19.0. The van der Waals surface area contributed by atoms with Gasteiger partial charge in [0.25, 0.3) is 0 Å². The zero-order valence-corrected chi connectivity index (χ0v) is 20.5. The van der Waals surface area contributed by atoms with E-state index in [1.165, 1.54) is 10.4 Å². The first-order valence-electron chi connectivity index (χ1n) is 10.7. The first-order valence-corrected chi connectivity index (χ1v) is 12.5. The van der Waals surface area contributed by atoms with E-state index in [1.807, 2.05) is 0 Å². The highest BCUT2D eigenvalue weighted by Gasteiger charge is 2.35. The number of hydrogen-bond donors (Lipinski definition) is 1. The van der Waals surface area contributed by atoms with Gasteiger partial charge in [0.05, 0.1) is 38.9 Å². The summed E-state index contributed by atoms with van der Waals surface area (Å²) in [5.41, 5.74) is 0.719. The molecule has 1 atom stereocenters. The van der Waals surface area contributed by atoms with Gasteiger partial charge in [-0.3, -0.25) is 4.79 Å². The Kier molecular flexibility index (Phi) is 8.45. The zero-order chi connectivity index (χ0) is 24.0. The first kappa shape index (κ1) is 25.1. The van der Waals surface area contributed by atoms with Crippen molar-refractivity contribution in [1.82, 2.24) is 9.62 Å². The van der Waals surface area contributed by atoms with Crippen LogP contribution in [-0.2, 0) is 21.4 Å². The van der Waals surface area contributed by atoms with E-state index in [1.54, 1.807) is 51.5 Å². The predicted octanol–water partition coefficient (Wildman–Crippen LogP) is 3.47. The molecule has 2 aromatic carbocycles. The van der Waals surface area contributed by atoms with Crippen LogP contribution in [0.2, 0.25) is 5.02 Å². The number of piperidine rings is 1. The van der Waals surface area contributed by atoms with Crippen LogP contribution in [0.15, 0.2) is 41.3 Å². The number of nitrogens with one attached hydrogen (secondary N) is 1. The number of methoxy groups -OCH3 is 2. The van der Waals surface area contributed by atoms with Crippen LogP contribution in [0.3, 0.4) is 0 Å². The number of rotatable bonds is 9. The Labute approximate surface area is 199 Å². The Hall–Kier alpha value is -2.49. The molecule has 1 heterocycles. The number of nitrogens with zero attached hydrogens (tertiary/aromatic N) is 1. The Morgan fingerprint density at radius 1 is 1.15 bits per heavy atom. The van der Waals surface area contributed by atoms with Gasteiger partial charge in [0.2, 0.25) is 15.9 Å². The van der Waals surface area contributed by atoms with Gasteiger partial charge in [-0.2, -0.15) is 4.31 Å². The topological polar surface area (TPSA) is 94.2 Å². The van der Waals surface area contributed by atoms with Gasteiger partial charge in [-0.25, -0.2) is 8.42 Å². The highest BCUT2D eigenvalue weighted by Crippen LogP contribution is 2.32. The lowest BCUT2D eigenvalue weighted by Crippen LogP contribution is -2.45. The summed E-state index contributed by atoms with van der Waals surface area (Å²) in [6.07, 6.45) is 1.16. The molecule has 1 aliphatic heterocycles. The molecule has 8 nitrogen and oxygen atoms in total. The lowest BCUT2D eigenvalue weighted by molar-refractivity contribution is -0.126. The fourth-order valence-electron chi connectivity index (χ4n) is 3.89. The van der Waals surface area contributed by atoms with Crippen LogP contribution < -0.4 is 19.5 Å². The van der Waals surface area contributed by atoms with E-state index >= 15 is 0 Å². The number of amides is 1. The monoisotopic (exact) mass is 496 g/mol. The van der Waals surface area contributed by atoms with Gasteiger partial charge in [-0.1, -0.05) is 17.7 Å². The number of halogens is 1. The minimum absolute atomic E-state index is 0.0108. The number of carbonyl (C=O) groups excluding carboxylic acids is 1.